The number of nitrogens with zero attached hydrogens (tertiary/aromatic N) is 5. The number of hydrogen-bond acceptors (Lipinski definition) is 3. The molecule has 0 bridgehead atoms. The Labute approximate surface area is 167 Å². The second kappa shape index (κ2) is 8.83. The number of halogens is 1. The maximum Gasteiger partial charge on any atom is 0.320 e. The molecule has 7 heteroatoms. The number of urea groups is 1. The summed E-state index contributed by atoms with van der Waals surface area (Å²) in [7, 11) is 0. The summed E-state index contributed by atoms with van der Waals surface area (Å²) in [4.78, 5) is 24.0. The van der Waals surface area contributed by atoms with Crippen LogP contribution in [0.15, 0.2) is 24.3 Å². The second-order valence-electron chi connectivity index (χ2n) is 7.36. The number of piperazine rings is 1. The number of fused-ring (bicyclic) bond motifs is 1. The van der Waals surface area contributed by atoms with Crippen molar-refractivity contribution in [3.8, 4) is 0 Å². The number of aromatic nitrogens is 2. The van der Waals surface area contributed by atoms with Gasteiger partial charge in [0.25, 0.3) is 0 Å². The monoisotopic (exact) mass is 390 g/mol. The van der Waals surface area contributed by atoms with E-state index in [1.807, 2.05) is 15.9 Å². The average molecular weight is 391 g/mol. The number of carbonyl (C=O) groups excluding carboxylic acids is 1. The second-order valence-corrected chi connectivity index (χ2v) is 7.36. The van der Waals surface area contributed by atoms with Crippen LogP contribution in [0.5, 0.6) is 0 Å². The molecule has 0 atom stereocenters. The molecule has 0 saturated carbocycles. The normalized spacial score (nSPS) is 17.9. The topological polar surface area (TPSA) is 44.6 Å². The van der Waals surface area contributed by atoms with E-state index in [0.29, 0.717) is 0 Å². The summed E-state index contributed by atoms with van der Waals surface area (Å²) in [5.41, 5.74) is 2.26. The molecule has 3 heterocycles. The zero-order valence-corrected chi connectivity index (χ0v) is 16.9. The van der Waals surface area contributed by atoms with Crippen LogP contribution in [-0.2, 0) is 6.54 Å². The fourth-order valence-corrected chi connectivity index (χ4v) is 4.13. The molecule has 0 N–H and O–H groups in total. The number of anilines is 1. The van der Waals surface area contributed by atoms with Crippen LogP contribution in [0.4, 0.5) is 10.7 Å². The van der Waals surface area contributed by atoms with Crippen LogP contribution in [-0.4, -0.2) is 64.7 Å². The van der Waals surface area contributed by atoms with Crippen LogP contribution in [0.2, 0.25) is 0 Å². The number of aryl methyl sites for hydroxylation is 1. The first-order valence-corrected chi connectivity index (χ1v) is 10.0. The lowest BCUT2D eigenvalue weighted by Gasteiger charge is -2.39. The molecule has 4 rings (SSSR count). The lowest BCUT2D eigenvalue weighted by Crippen LogP contribution is -3.00. The van der Waals surface area contributed by atoms with Gasteiger partial charge in [0.2, 0.25) is 5.95 Å². The maximum atomic E-state index is 12.7. The number of likely N-dealkylation sites (tertiary alicyclic amines) is 1. The van der Waals surface area contributed by atoms with Crippen LogP contribution in [0.1, 0.15) is 32.6 Å². The van der Waals surface area contributed by atoms with Gasteiger partial charge in [0, 0.05) is 45.8 Å². The van der Waals surface area contributed by atoms with Crippen LogP contribution in [0.25, 0.3) is 11.0 Å². The minimum Gasteiger partial charge on any atom is -1.00 e. The Bertz CT molecular complexity index is 763. The fraction of sp³-hybridized carbons (Fsp3) is 0.600. The minimum atomic E-state index is 0. The zero-order valence-electron chi connectivity index (χ0n) is 16.1. The number of piperidine rings is 1. The van der Waals surface area contributed by atoms with Gasteiger partial charge in [-0.3, -0.25) is 0 Å². The number of carbonyl (C=O) groups is 1. The van der Waals surface area contributed by atoms with Gasteiger partial charge >= 0.3 is 6.03 Å². The maximum absolute atomic E-state index is 12.7. The summed E-state index contributed by atoms with van der Waals surface area (Å²) >= 11 is 0. The van der Waals surface area contributed by atoms with Gasteiger partial charge in [0.05, 0.1) is 11.0 Å². The molecule has 2 fully saturated rings. The van der Waals surface area contributed by atoms with E-state index in [0.717, 1.165) is 76.5 Å². The van der Waals surface area contributed by atoms with E-state index >= 15 is 0 Å². The molecule has 27 heavy (non-hydrogen) atoms. The lowest BCUT2D eigenvalue weighted by atomic mass is 10.1. The van der Waals surface area contributed by atoms with Crippen molar-refractivity contribution in [3.63, 3.8) is 0 Å². The first-order chi connectivity index (χ1) is 12.8. The van der Waals surface area contributed by atoms with Gasteiger partial charge in [0.15, 0.2) is 0 Å². The van der Waals surface area contributed by atoms with Crippen molar-refractivity contribution < 1.29 is 17.2 Å². The van der Waals surface area contributed by atoms with E-state index in [1.54, 1.807) is 0 Å². The van der Waals surface area contributed by atoms with Gasteiger partial charge in [-0.1, -0.05) is 19.1 Å². The molecule has 6 nitrogen and oxygen atoms in total. The molecule has 1 aromatic heterocycles. The fourth-order valence-electron chi connectivity index (χ4n) is 4.13. The van der Waals surface area contributed by atoms with Crippen molar-refractivity contribution in [2.24, 2.45) is 0 Å². The van der Waals surface area contributed by atoms with Gasteiger partial charge in [-0.05, 0) is 37.8 Å². The highest BCUT2D eigenvalue weighted by Gasteiger charge is 2.28. The largest absolute Gasteiger partial charge is 1.00 e. The molecular weight excluding hydrogens is 362 g/mol. The molecule has 2 saturated heterocycles. The van der Waals surface area contributed by atoms with Crippen molar-refractivity contribution in [2.45, 2.75) is 39.2 Å². The molecule has 2 amide bonds. The van der Waals surface area contributed by atoms with Crippen LogP contribution < -0.4 is 17.3 Å². The highest BCUT2D eigenvalue weighted by molar-refractivity contribution is 5.79. The first-order valence-electron chi connectivity index (χ1n) is 10.0. The highest BCUT2D eigenvalue weighted by Crippen LogP contribution is 2.24. The van der Waals surface area contributed by atoms with Gasteiger partial charge < -0.3 is 31.7 Å². The third kappa shape index (κ3) is 4.00. The van der Waals surface area contributed by atoms with Crippen molar-refractivity contribution in [1.82, 2.24) is 19.4 Å². The number of benzene rings is 1. The van der Waals surface area contributed by atoms with E-state index in [9.17, 15) is 4.79 Å². The number of rotatable bonds is 3. The predicted molar refractivity (Wildman–Crippen MR) is 105 cm³/mol. The number of imidazole rings is 1. The predicted octanol–water partition coefficient (Wildman–Crippen LogP) is 0.178. The molecule has 0 spiro atoms. The SMILES string of the molecule is CCCn1c(N2CCN(C(=O)N3CCCCC3)CC2)nc2ccccc21.[Cl-]. The van der Waals surface area contributed by atoms with E-state index in [-0.39, 0.29) is 18.4 Å². The van der Waals surface area contributed by atoms with E-state index in [1.165, 1.54) is 11.9 Å². The summed E-state index contributed by atoms with van der Waals surface area (Å²) < 4.78 is 2.33. The highest BCUT2D eigenvalue weighted by atomic mass is 35.5. The minimum absolute atomic E-state index is 0. The van der Waals surface area contributed by atoms with Crippen molar-refractivity contribution in [3.05, 3.63) is 24.3 Å². The van der Waals surface area contributed by atoms with Crippen molar-refractivity contribution in [1.29, 1.82) is 0 Å². The van der Waals surface area contributed by atoms with Crippen molar-refractivity contribution in [2.75, 3.05) is 44.2 Å². The third-order valence-electron chi connectivity index (χ3n) is 5.54. The van der Waals surface area contributed by atoms with Gasteiger partial charge in [0.1, 0.15) is 0 Å². The Morgan fingerprint density at radius 3 is 2.33 bits per heavy atom. The summed E-state index contributed by atoms with van der Waals surface area (Å²) in [6.45, 7) is 8.29. The molecule has 2 aliphatic heterocycles. The van der Waals surface area contributed by atoms with E-state index < -0.39 is 0 Å². The standard InChI is InChI=1S/C20H29N5O.ClH/c1-2-10-25-18-9-5-4-8-17(18)21-19(25)22-13-15-24(16-14-22)20(26)23-11-6-3-7-12-23;/h4-5,8-9H,2-3,6-7,10-16H2,1H3;1H/p-1. The van der Waals surface area contributed by atoms with Gasteiger partial charge in [-0.15, -0.1) is 0 Å². The summed E-state index contributed by atoms with van der Waals surface area (Å²) in [6, 6.07) is 8.59. The lowest BCUT2D eigenvalue weighted by molar-refractivity contribution is -0.00000953. The molecule has 1 aromatic carbocycles. The van der Waals surface area contributed by atoms with Gasteiger partial charge in [-0.2, -0.15) is 0 Å². The molecule has 148 valence electrons. The molecule has 2 aromatic rings. The molecule has 0 aliphatic carbocycles. The molecule has 2 aliphatic rings. The van der Waals surface area contributed by atoms with E-state index in [2.05, 4.69) is 34.6 Å². The summed E-state index contributed by atoms with van der Waals surface area (Å²) in [5.74, 6) is 1.05. The van der Waals surface area contributed by atoms with Crippen molar-refractivity contribution >= 4 is 23.0 Å². The Hall–Kier alpha value is -1.95. The van der Waals surface area contributed by atoms with Gasteiger partial charge in [-0.25, -0.2) is 9.78 Å². The summed E-state index contributed by atoms with van der Waals surface area (Å²) in [6.07, 6.45) is 4.63. The Morgan fingerprint density at radius 1 is 0.963 bits per heavy atom. The Morgan fingerprint density at radius 2 is 1.63 bits per heavy atom. The van der Waals surface area contributed by atoms with Crippen LogP contribution >= 0.6 is 0 Å². The Kier molecular flexibility index (Phi) is 6.47. The average Bonchev–Trinajstić information content (AvgIpc) is 3.07. The zero-order chi connectivity index (χ0) is 17.9. The smallest absolute Gasteiger partial charge is 0.320 e. The molecule has 0 unspecified atom stereocenters. The quantitative estimate of drug-likeness (QED) is 0.751. The Balaban J connectivity index is 0.00000210. The number of hydrogen-bond donors (Lipinski definition) is 0. The van der Waals surface area contributed by atoms with Crippen LogP contribution in [0.3, 0.4) is 0 Å². The molecular formula is C20H29ClN5O-. The number of para-hydroxylation sites is 2. The summed E-state index contributed by atoms with van der Waals surface area (Å²) in [5, 5.41) is 0. The van der Waals surface area contributed by atoms with E-state index in [4.69, 9.17) is 4.98 Å². The molecule has 0 radical (unpaired) electrons. The van der Waals surface area contributed by atoms with Crippen LogP contribution in [0, 0.1) is 0 Å². The number of amides is 2. The first kappa shape index (κ1) is 19.8. The third-order valence-corrected chi connectivity index (χ3v) is 5.54.